The lowest BCUT2D eigenvalue weighted by Gasteiger charge is -2.34. The highest BCUT2D eigenvalue weighted by molar-refractivity contribution is 7.10. The molecule has 8 heteroatoms. The second kappa shape index (κ2) is 7.73. The molecule has 1 N–H and O–H groups in total. The van der Waals surface area contributed by atoms with Crippen molar-refractivity contribution < 1.29 is 4.74 Å². The lowest BCUT2D eigenvalue weighted by molar-refractivity contribution is 0.0193. The third-order valence-electron chi connectivity index (χ3n) is 4.28. The van der Waals surface area contributed by atoms with E-state index < -0.39 is 0 Å². The summed E-state index contributed by atoms with van der Waals surface area (Å²) in [7, 11) is 0. The highest BCUT2D eigenvalue weighted by Crippen LogP contribution is 2.26. The summed E-state index contributed by atoms with van der Waals surface area (Å²) in [6.45, 7) is 4.18. The number of aromatic nitrogens is 4. The number of nitrogens with one attached hydrogen (secondary N) is 1. The third kappa shape index (κ3) is 3.71. The molecule has 0 aliphatic carbocycles. The van der Waals surface area contributed by atoms with E-state index in [1.54, 1.807) is 16.0 Å². The summed E-state index contributed by atoms with van der Waals surface area (Å²) in [5.41, 5.74) is 0.939. The van der Waals surface area contributed by atoms with E-state index in [1.165, 1.54) is 4.88 Å². The minimum atomic E-state index is 0.282. The molecule has 1 aliphatic rings. The van der Waals surface area contributed by atoms with Gasteiger partial charge in [-0.2, -0.15) is 4.68 Å². The Morgan fingerprint density at radius 1 is 1.12 bits per heavy atom. The second-order valence-corrected chi connectivity index (χ2v) is 6.79. The van der Waals surface area contributed by atoms with Crippen LogP contribution in [0.15, 0.2) is 47.8 Å². The smallest absolute Gasteiger partial charge is 0.247 e. The van der Waals surface area contributed by atoms with Crippen LogP contribution in [0.4, 0.5) is 5.95 Å². The van der Waals surface area contributed by atoms with Crippen molar-refractivity contribution in [3.8, 4) is 5.69 Å². The molecule has 1 aliphatic heterocycles. The number of hydrogen-bond donors (Lipinski definition) is 1. The van der Waals surface area contributed by atoms with Gasteiger partial charge in [0.1, 0.15) is 0 Å². The van der Waals surface area contributed by atoms with Crippen molar-refractivity contribution in [2.45, 2.75) is 6.04 Å². The van der Waals surface area contributed by atoms with Gasteiger partial charge in [0.25, 0.3) is 0 Å². The van der Waals surface area contributed by atoms with Crippen molar-refractivity contribution in [1.29, 1.82) is 0 Å². The van der Waals surface area contributed by atoms with Gasteiger partial charge in [0.15, 0.2) is 0 Å². The molecule has 25 heavy (non-hydrogen) atoms. The molecular formula is C17H20N6OS. The predicted molar refractivity (Wildman–Crippen MR) is 97.1 cm³/mol. The van der Waals surface area contributed by atoms with Crippen LogP contribution in [0.2, 0.25) is 0 Å². The molecule has 130 valence electrons. The molecule has 1 fully saturated rings. The minimum Gasteiger partial charge on any atom is -0.379 e. The van der Waals surface area contributed by atoms with E-state index in [2.05, 4.69) is 43.3 Å². The van der Waals surface area contributed by atoms with Crippen molar-refractivity contribution in [2.24, 2.45) is 0 Å². The first-order chi connectivity index (χ1) is 12.4. The molecule has 7 nitrogen and oxygen atoms in total. The van der Waals surface area contributed by atoms with Gasteiger partial charge in [-0.3, -0.25) is 4.90 Å². The van der Waals surface area contributed by atoms with Gasteiger partial charge >= 0.3 is 0 Å². The number of benzene rings is 1. The van der Waals surface area contributed by atoms with Gasteiger partial charge in [-0.15, -0.1) is 11.3 Å². The van der Waals surface area contributed by atoms with Crippen molar-refractivity contribution in [1.82, 2.24) is 25.1 Å². The molecule has 3 heterocycles. The molecule has 1 saturated heterocycles. The molecule has 0 bridgehead atoms. The van der Waals surface area contributed by atoms with E-state index in [0.717, 1.165) is 38.5 Å². The van der Waals surface area contributed by atoms with Gasteiger partial charge in [0.05, 0.1) is 24.9 Å². The first-order valence-corrected chi connectivity index (χ1v) is 9.22. The molecule has 0 spiro atoms. The van der Waals surface area contributed by atoms with Crippen LogP contribution < -0.4 is 5.32 Å². The first kappa shape index (κ1) is 16.2. The Balaban J connectivity index is 1.51. The van der Waals surface area contributed by atoms with Crippen molar-refractivity contribution in [3.63, 3.8) is 0 Å². The zero-order valence-corrected chi connectivity index (χ0v) is 14.6. The Bertz CT molecular complexity index is 770. The van der Waals surface area contributed by atoms with Crippen molar-refractivity contribution >= 4 is 17.3 Å². The Labute approximate surface area is 150 Å². The minimum absolute atomic E-state index is 0.282. The molecule has 4 rings (SSSR count). The third-order valence-corrected chi connectivity index (χ3v) is 5.26. The van der Waals surface area contributed by atoms with Crippen LogP contribution in [0.25, 0.3) is 5.69 Å². The number of para-hydroxylation sites is 1. The van der Waals surface area contributed by atoms with Gasteiger partial charge in [-0.05, 0) is 34.0 Å². The Morgan fingerprint density at radius 3 is 2.72 bits per heavy atom. The number of morpholine rings is 1. The van der Waals surface area contributed by atoms with Gasteiger partial charge in [0, 0.05) is 24.5 Å². The highest BCUT2D eigenvalue weighted by atomic mass is 32.1. The predicted octanol–water partition coefficient (Wildman–Crippen LogP) is 2.21. The fourth-order valence-electron chi connectivity index (χ4n) is 3.01. The average Bonchev–Trinajstić information content (AvgIpc) is 3.36. The van der Waals surface area contributed by atoms with Crippen LogP contribution >= 0.6 is 11.3 Å². The van der Waals surface area contributed by atoms with E-state index in [-0.39, 0.29) is 6.04 Å². The normalized spacial score (nSPS) is 16.6. The van der Waals surface area contributed by atoms with Crippen LogP contribution in [0.3, 0.4) is 0 Å². The quantitative estimate of drug-likeness (QED) is 0.730. The van der Waals surface area contributed by atoms with E-state index in [0.29, 0.717) is 5.95 Å². The molecule has 1 aromatic carbocycles. The summed E-state index contributed by atoms with van der Waals surface area (Å²) in [5.74, 6) is 0.654. The Kier molecular flexibility index (Phi) is 5.01. The van der Waals surface area contributed by atoms with Crippen LogP contribution in [0.5, 0.6) is 0 Å². The standard InChI is InChI=1S/C17H20N6OS/c1-2-5-14(6-3-1)23-17(19-20-21-23)18-13-15(16-7-4-12-25-16)22-8-10-24-11-9-22/h1-7,12,15H,8-11,13H2,(H,18,19,21). The first-order valence-electron chi connectivity index (χ1n) is 8.35. The summed E-state index contributed by atoms with van der Waals surface area (Å²) < 4.78 is 7.23. The number of hydrogen-bond acceptors (Lipinski definition) is 7. The summed E-state index contributed by atoms with van der Waals surface area (Å²) in [5, 5.41) is 17.6. The summed E-state index contributed by atoms with van der Waals surface area (Å²) >= 11 is 1.78. The number of ether oxygens (including phenoxy) is 1. The molecular weight excluding hydrogens is 336 g/mol. The lowest BCUT2D eigenvalue weighted by Crippen LogP contribution is -2.41. The van der Waals surface area contributed by atoms with Crippen LogP contribution in [0.1, 0.15) is 10.9 Å². The maximum absolute atomic E-state index is 5.50. The largest absolute Gasteiger partial charge is 0.379 e. The lowest BCUT2D eigenvalue weighted by atomic mass is 10.2. The molecule has 3 aromatic rings. The summed E-state index contributed by atoms with van der Waals surface area (Å²) in [4.78, 5) is 3.80. The SMILES string of the molecule is c1ccc(-n2nnnc2NCC(c2cccs2)N2CCOCC2)cc1. The number of thiophene rings is 1. The molecule has 0 radical (unpaired) electrons. The van der Waals surface area contributed by atoms with Crippen LogP contribution in [0, 0.1) is 0 Å². The Morgan fingerprint density at radius 2 is 1.96 bits per heavy atom. The van der Waals surface area contributed by atoms with Crippen LogP contribution in [-0.2, 0) is 4.74 Å². The average molecular weight is 356 g/mol. The molecule has 1 atom stereocenters. The van der Waals surface area contributed by atoms with E-state index in [4.69, 9.17) is 4.74 Å². The number of tetrazole rings is 1. The summed E-state index contributed by atoms with van der Waals surface area (Å²) in [6, 6.07) is 14.5. The molecule has 1 unspecified atom stereocenters. The zero-order valence-electron chi connectivity index (χ0n) is 13.8. The van der Waals surface area contributed by atoms with Gasteiger partial charge < -0.3 is 10.1 Å². The monoisotopic (exact) mass is 356 g/mol. The second-order valence-electron chi connectivity index (χ2n) is 5.81. The number of nitrogens with zero attached hydrogens (tertiary/aromatic N) is 5. The Hall–Kier alpha value is -2.29. The number of rotatable bonds is 6. The van der Waals surface area contributed by atoms with E-state index in [9.17, 15) is 0 Å². The molecule has 0 saturated carbocycles. The molecule has 0 amide bonds. The van der Waals surface area contributed by atoms with Gasteiger partial charge in [-0.25, -0.2) is 0 Å². The van der Waals surface area contributed by atoms with Gasteiger partial charge in [0.2, 0.25) is 5.95 Å². The fraction of sp³-hybridized carbons (Fsp3) is 0.353. The van der Waals surface area contributed by atoms with Gasteiger partial charge in [-0.1, -0.05) is 29.4 Å². The zero-order chi connectivity index (χ0) is 16.9. The maximum Gasteiger partial charge on any atom is 0.247 e. The van der Waals surface area contributed by atoms with Crippen molar-refractivity contribution in [2.75, 3.05) is 38.2 Å². The van der Waals surface area contributed by atoms with Crippen molar-refractivity contribution in [3.05, 3.63) is 52.7 Å². The van der Waals surface area contributed by atoms with E-state index in [1.807, 2.05) is 30.3 Å². The maximum atomic E-state index is 5.50. The highest BCUT2D eigenvalue weighted by Gasteiger charge is 2.24. The van der Waals surface area contributed by atoms with E-state index >= 15 is 0 Å². The fourth-order valence-corrected chi connectivity index (χ4v) is 3.87. The number of anilines is 1. The topological polar surface area (TPSA) is 68.1 Å². The molecule has 2 aromatic heterocycles. The summed E-state index contributed by atoms with van der Waals surface area (Å²) in [6.07, 6.45) is 0. The van der Waals surface area contributed by atoms with Crippen LogP contribution in [-0.4, -0.2) is 58.0 Å².